The molecule has 3 aromatic rings. The summed E-state index contributed by atoms with van der Waals surface area (Å²) in [5.41, 5.74) is 7.84. The van der Waals surface area contributed by atoms with E-state index in [-0.39, 0.29) is 17.5 Å². The van der Waals surface area contributed by atoms with Gasteiger partial charge < -0.3 is 10.5 Å². The minimum Gasteiger partial charge on any atom is -0.436 e. The van der Waals surface area contributed by atoms with Gasteiger partial charge in [0.2, 0.25) is 5.88 Å². The summed E-state index contributed by atoms with van der Waals surface area (Å²) in [6, 6.07) is 10.1. The molecular weight excluding hydrogens is 345 g/mol. The summed E-state index contributed by atoms with van der Waals surface area (Å²) in [5.74, 6) is 0.928. The summed E-state index contributed by atoms with van der Waals surface area (Å²) in [6.45, 7) is 0. The minimum atomic E-state index is -0.436. The lowest BCUT2D eigenvalue weighted by atomic mass is 9.70. The van der Waals surface area contributed by atoms with Gasteiger partial charge in [0, 0.05) is 18.2 Å². The van der Waals surface area contributed by atoms with Crippen LogP contribution in [-0.4, -0.2) is 15.0 Å². The van der Waals surface area contributed by atoms with Crippen molar-refractivity contribution < 1.29 is 9.13 Å². The van der Waals surface area contributed by atoms with Gasteiger partial charge in [0.1, 0.15) is 11.9 Å². The number of rotatable bonds is 4. The fourth-order valence-electron chi connectivity index (χ4n) is 3.16. The Labute approximate surface area is 155 Å². The van der Waals surface area contributed by atoms with Crippen LogP contribution < -0.4 is 10.5 Å². The van der Waals surface area contributed by atoms with Gasteiger partial charge in [-0.15, -0.1) is 0 Å². The highest BCUT2D eigenvalue weighted by molar-refractivity contribution is 5.36. The van der Waals surface area contributed by atoms with Crippen molar-refractivity contribution in [3.05, 3.63) is 71.6 Å². The van der Waals surface area contributed by atoms with Gasteiger partial charge in [-0.2, -0.15) is 5.26 Å². The second kappa shape index (κ2) is 7.00. The number of benzene rings is 1. The van der Waals surface area contributed by atoms with Crippen LogP contribution in [0.1, 0.15) is 41.5 Å². The molecule has 6 nitrogen and oxygen atoms in total. The second-order valence-electron chi connectivity index (χ2n) is 6.52. The number of nitrogens with two attached hydrogens (primary N) is 1. The molecule has 2 N–H and O–H groups in total. The van der Waals surface area contributed by atoms with Crippen LogP contribution >= 0.6 is 0 Å². The van der Waals surface area contributed by atoms with Crippen molar-refractivity contribution in [3.8, 4) is 17.7 Å². The topological polar surface area (TPSA) is 97.7 Å². The average molecular weight is 361 g/mol. The maximum Gasteiger partial charge on any atom is 0.219 e. The van der Waals surface area contributed by atoms with E-state index in [4.69, 9.17) is 15.7 Å². The zero-order valence-corrected chi connectivity index (χ0v) is 14.3. The molecule has 0 atom stereocenters. The maximum absolute atomic E-state index is 14.4. The van der Waals surface area contributed by atoms with Gasteiger partial charge in [0.25, 0.3) is 0 Å². The lowest BCUT2D eigenvalue weighted by Gasteiger charge is -2.35. The molecule has 1 fully saturated rings. The molecule has 7 heteroatoms. The van der Waals surface area contributed by atoms with Crippen LogP contribution in [-0.2, 0) is 0 Å². The Bertz CT molecular complexity index is 992. The van der Waals surface area contributed by atoms with Gasteiger partial charge in [0.05, 0.1) is 23.7 Å². The van der Waals surface area contributed by atoms with Gasteiger partial charge in [-0.05, 0) is 42.5 Å². The summed E-state index contributed by atoms with van der Waals surface area (Å²) >= 11 is 0. The highest BCUT2D eigenvalue weighted by Crippen LogP contribution is 2.47. The Kier molecular flexibility index (Phi) is 4.38. The zero-order chi connectivity index (χ0) is 18.8. The van der Waals surface area contributed by atoms with E-state index in [1.807, 2.05) is 12.1 Å². The van der Waals surface area contributed by atoms with Crippen LogP contribution in [0.5, 0.6) is 11.6 Å². The zero-order valence-electron chi connectivity index (χ0n) is 14.3. The van der Waals surface area contributed by atoms with E-state index in [0.29, 0.717) is 17.3 Å². The molecule has 0 spiro atoms. The molecule has 0 bridgehead atoms. The van der Waals surface area contributed by atoms with Crippen molar-refractivity contribution in [2.24, 2.45) is 0 Å². The van der Waals surface area contributed by atoms with Crippen LogP contribution in [0.4, 0.5) is 10.2 Å². The Morgan fingerprint density at radius 2 is 1.89 bits per heavy atom. The van der Waals surface area contributed by atoms with Crippen LogP contribution in [0.15, 0.2) is 48.9 Å². The molecule has 0 saturated heterocycles. The van der Waals surface area contributed by atoms with E-state index in [1.54, 1.807) is 24.5 Å². The summed E-state index contributed by atoms with van der Waals surface area (Å²) in [7, 11) is 0. The van der Waals surface area contributed by atoms with Crippen LogP contribution in [0.3, 0.4) is 0 Å². The smallest absolute Gasteiger partial charge is 0.219 e. The molecule has 1 aliphatic rings. The SMILES string of the molecule is N#Cc1ccc(Oc2ccc(C3CC(c4cnc(N)cn4)C3)cc2F)nc1. The lowest BCUT2D eigenvalue weighted by molar-refractivity contribution is 0.342. The quantitative estimate of drug-likeness (QED) is 0.756. The maximum atomic E-state index is 14.4. The van der Waals surface area contributed by atoms with E-state index in [2.05, 4.69) is 15.0 Å². The van der Waals surface area contributed by atoms with Crippen molar-refractivity contribution in [3.63, 3.8) is 0 Å². The van der Waals surface area contributed by atoms with Crippen LogP contribution in [0.25, 0.3) is 0 Å². The van der Waals surface area contributed by atoms with Crippen molar-refractivity contribution in [2.75, 3.05) is 5.73 Å². The fourth-order valence-corrected chi connectivity index (χ4v) is 3.16. The molecule has 4 rings (SSSR count). The number of nitrogen functional groups attached to an aromatic ring is 1. The molecule has 0 amide bonds. The standard InChI is InChI=1S/C20H16FN5O/c21-16-7-13(14-5-15(6-14)17-10-25-19(23)11-24-17)2-3-18(16)27-20-4-1-12(8-22)9-26-20/h1-4,7,9-11,14-15H,5-6H2,(H2,23,25). The van der Waals surface area contributed by atoms with Crippen molar-refractivity contribution in [1.82, 2.24) is 15.0 Å². The number of hydrogen-bond donors (Lipinski definition) is 1. The van der Waals surface area contributed by atoms with E-state index < -0.39 is 5.82 Å². The summed E-state index contributed by atoms with van der Waals surface area (Å²) in [6.07, 6.45) is 6.45. The normalized spacial score (nSPS) is 18.4. The minimum absolute atomic E-state index is 0.108. The molecule has 0 radical (unpaired) electrons. The first kappa shape index (κ1) is 16.9. The van der Waals surface area contributed by atoms with Crippen LogP contribution in [0.2, 0.25) is 0 Å². The first-order valence-corrected chi connectivity index (χ1v) is 8.53. The van der Waals surface area contributed by atoms with Crippen molar-refractivity contribution >= 4 is 5.82 Å². The largest absolute Gasteiger partial charge is 0.436 e. The fraction of sp³-hybridized carbons (Fsp3) is 0.200. The number of nitriles is 1. The van der Waals surface area contributed by atoms with Crippen LogP contribution in [0, 0.1) is 17.1 Å². The molecule has 1 aromatic carbocycles. The molecule has 1 saturated carbocycles. The van der Waals surface area contributed by atoms with Gasteiger partial charge in [0.15, 0.2) is 11.6 Å². The molecular formula is C20H16FN5O. The Morgan fingerprint density at radius 1 is 1.04 bits per heavy atom. The van der Waals surface area contributed by atoms with E-state index in [9.17, 15) is 4.39 Å². The average Bonchev–Trinajstić information content (AvgIpc) is 2.65. The van der Waals surface area contributed by atoms with Gasteiger partial charge in [-0.3, -0.25) is 4.98 Å². The van der Waals surface area contributed by atoms with E-state index >= 15 is 0 Å². The molecule has 0 unspecified atom stereocenters. The second-order valence-corrected chi connectivity index (χ2v) is 6.52. The van der Waals surface area contributed by atoms with Gasteiger partial charge >= 0.3 is 0 Å². The number of ether oxygens (including phenoxy) is 1. The monoisotopic (exact) mass is 361 g/mol. The molecule has 1 aliphatic carbocycles. The predicted molar refractivity (Wildman–Crippen MR) is 96.6 cm³/mol. The third kappa shape index (κ3) is 3.55. The number of anilines is 1. The number of nitrogens with zero attached hydrogens (tertiary/aromatic N) is 4. The van der Waals surface area contributed by atoms with Gasteiger partial charge in [-0.1, -0.05) is 6.07 Å². The summed E-state index contributed by atoms with van der Waals surface area (Å²) in [5, 5.41) is 8.77. The Balaban J connectivity index is 1.41. The highest BCUT2D eigenvalue weighted by atomic mass is 19.1. The predicted octanol–water partition coefficient (Wildman–Crippen LogP) is 3.92. The number of hydrogen-bond acceptors (Lipinski definition) is 6. The molecule has 2 aromatic heterocycles. The van der Waals surface area contributed by atoms with Crippen molar-refractivity contribution in [2.45, 2.75) is 24.7 Å². The number of halogens is 1. The Morgan fingerprint density at radius 3 is 2.52 bits per heavy atom. The molecule has 134 valence electrons. The molecule has 27 heavy (non-hydrogen) atoms. The Hall–Kier alpha value is -3.53. The number of pyridine rings is 1. The van der Waals surface area contributed by atoms with E-state index in [1.165, 1.54) is 18.3 Å². The first-order chi connectivity index (χ1) is 13.1. The lowest BCUT2D eigenvalue weighted by Crippen LogP contribution is -2.21. The highest BCUT2D eigenvalue weighted by Gasteiger charge is 2.33. The van der Waals surface area contributed by atoms with Crippen molar-refractivity contribution in [1.29, 1.82) is 5.26 Å². The molecule has 0 aliphatic heterocycles. The molecule has 2 heterocycles. The first-order valence-electron chi connectivity index (χ1n) is 8.53. The summed E-state index contributed by atoms with van der Waals surface area (Å²) < 4.78 is 19.9. The third-order valence-electron chi connectivity index (χ3n) is 4.76. The summed E-state index contributed by atoms with van der Waals surface area (Å²) in [4.78, 5) is 12.4. The van der Waals surface area contributed by atoms with E-state index in [0.717, 1.165) is 24.1 Å². The third-order valence-corrected chi connectivity index (χ3v) is 4.76. The van der Waals surface area contributed by atoms with Gasteiger partial charge in [-0.25, -0.2) is 14.4 Å². The number of aromatic nitrogens is 3.